The fourth-order valence-corrected chi connectivity index (χ4v) is 4.47. The van der Waals surface area contributed by atoms with Gasteiger partial charge in [0.2, 0.25) is 0 Å². The van der Waals surface area contributed by atoms with Gasteiger partial charge in [-0.15, -0.1) is 0 Å². The number of hydrogen-bond acceptors (Lipinski definition) is 2. The summed E-state index contributed by atoms with van der Waals surface area (Å²) in [4.78, 5) is 6.32. The van der Waals surface area contributed by atoms with Gasteiger partial charge in [0, 0.05) is 48.5 Å². The molecule has 0 radical (unpaired) electrons. The Hall–Kier alpha value is -2.85. The van der Waals surface area contributed by atoms with Crippen molar-refractivity contribution in [3.63, 3.8) is 0 Å². The molecule has 136 valence electrons. The number of rotatable bonds is 3. The first kappa shape index (κ1) is 16.3. The van der Waals surface area contributed by atoms with Crippen LogP contribution in [-0.4, -0.2) is 26.2 Å². The van der Waals surface area contributed by atoms with Gasteiger partial charge in [-0.3, -0.25) is 9.58 Å². The van der Waals surface area contributed by atoms with Crippen molar-refractivity contribution in [3.05, 3.63) is 88.9 Å². The summed E-state index contributed by atoms with van der Waals surface area (Å²) >= 11 is 0. The minimum atomic E-state index is 0.237. The maximum atomic E-state index is 4.36. The second kappa shape index (κ2) is 6.39. The first-order chi connectivity index (χ1) is 13.2. The smallest absolute Gasteiger partial charge is 0.0760 e. The largest absolute Gasteiger partial charge is 0.357 e. The van der Waals surface area contributed by atoms with Gasteiger partial charge in [0.15, 0.2) is 0 Å². The highest BCUT2D eigenvalue weighted by Crippen LogP contribution is 2.39. The summed E-state index contributed by atoms with van der Waals surface area (Å²) in [5, 5.41) is 5.72. The molecule has 1 unspecified atom stereocenters. The zero-order chi connectivity index (χ0) is 18.4. The van der Waals surface area contributed by atoms with Crippen LogP contribution >= 0.6 is 0 Å². The Morgan fingerprint density at radius 1 is 1.15 bits per heavy atom. The Morgan fingerprint density at radius 3 is 2.85 bits per heavy atom. The highest BCUT2D eigenvalue weighted by molar-refractivity contribution is 5.85. The van der Waals surface area contributed by atoms with Gasteiger partial charge in [-0.05, 0) is 30.5 Å². The number of H-pyrrole nitrogens is 1. The lowest BCUT2D eigenvalue weighted by atomic mass is 9.91. The molecular formula is C23H24N4. The van der Waals surface area contributed by atoms with Crippen LogP contribution in [0.15, 0.2) is 60.9 Å². The lowest BCUT2D eigenvalue weighted by Crippen LogP contribution is -2.35. The summed E-state index contributed by atoms with van der Waals surface area (Å²) in [6, 6.07) is 17.8. The SMILES string of the molecule is Cc1cccc(C2c3[nH]c4ccccc4c3CCN2Cc2cnn(C)c2)c1. The topological polar surface area (TPSA) is 36.9 Å². The summed E-state index contributed by atoms with van der Waals surface area (Å²) in [6.07, 6.45) is 5.17. The predicted octanol–water partition coefficient (Wildman–Crippen LogP) is 4.36. The molecule has 0 fully saturated rings. The molecule has 0 amide bonds. The number of fused-ring (bicyclic) bond motifs is 3. The first-order valence-corrected chi connectivity index (χ1v) is 9.56. The third-order valence-corrected chi connectivity index (χ3v) is 5.64. The Balaban J connectivity index is 1.63. The van der Waals surface area contributed by atoms with E-state index in [4.69, 9.17) is 0 Å². The molecule has 0 saturated heterocycles. The Morgan fingerprint density at radius 2 is 2.04 bits per heavy atom. The molecule has 0 aliphatic carbocycles. The summed E-state index contributed by atoms with van der Waals surface area (Å²) in [5.41, 5.74) is 7.97. The van der Waals surface area contributed by atoms with E-state index >= 15 is 0 Å². The van der Waals surface area contributed by atoms with Crippen molar-refractivity contribution in [1.82, 2.24) is 19.7 Å². The molecule has 27 heavy (non-hydrogen) atoms. The molecule has 1 aliphatic rings. The molecular weight excluding hydrogens is 332 g/mol. The lowest BCUT2D eigenvalue weighted by Gasteiger charge is -2.36. The van der Waals surface area contributed by atoms with Gasteiger partial charge in [0.25, 0.3) is 0 Å². The van der Waals surface area contributed by atoms with Crippen molar-refractivity contribution in [2.45, 2.75) is 25.9 Å². The number of hydrogen-bond donors (Lipinski definition) is 1. The Bertz CT molecular complexity index is 1100. The van der Waals surface area contributed by atoms with Crippen LogP contribution in [0.4, 0.5) is 0 Å². The lowest BCUT2D eigenvalue weighted by molar-refractivity contribution is 0.202. The fourth-order valence-electron chi connectivity index (χ4n) is 4.47. The van der Waals surface area contributed by atoms with Gasteiger partial charge >= 0.3 is 0 Å². The van der Waals surface area contributed by atoms with E-state index in [2.05, 4.69) is 76.6 Å². The molecule has 0 saturated carbocycles. The predicted molar refractivity (Wildman–Crippen MR) is 109 cm³/mol. The molecule has 2 aromatic heterocycles. The molecule has 3 heterocycles. The number of aromatic amines is 1. The van der Waals surface area contributed by atoms with E-state index in [1.807, 2.05) is 17.9 Å². The molecule has 2 aromatic carbocycles. The zero-order valence-electron chi connectivity index (χ0n) is 15.8. The highest BCUT2D eigenvalue weighted by atomic mass is 15.2. The van der Waals surface area contributed by atoms with Gasteiger partial charge in [-0.1, -0.05) is 48.0 Å². The second-order valence-corrected chi connectivity index (χ2v) is 7.62. The van der Waals surface area contributed by atoms with Crippen molar-refractivity contribution in [3.8, 4) is 0 Å². The average molecular weight is 356 g/mol. The van der Waals surface area contributed by atoms with Crippen LogP contribution in [0.25, 0.3) is 10.9 Å². The average Bonchev–Trinajstić information content (AvgIpc) is 3.24. The van der Waals surface area contributed by atoms with Gasteiger partial charge in [-0.25, -0.2) is 0 Å². The summed E-state index contributed by atoms with van der Waals surface area (Å²) in [5.74, 6) is 0. The minimum absolute atomic E-state index is 0.237. The fraction of sp³-hybridized carbons (Fsp3) is 0.261. The van der Waals surface area contributed by atoms with E-state index in [1.54, 1.807) is 0 Å². The molecule has 1 aliphatic heterocycles. The highest BCUT2D eigenvalue weighted by Gasteiger charge is 2.31. The molecule has 1 N–H and O–H groups in total. The van der Waals surface area contributed by atoms with Gasteiger partial charge in [-0.2, -0.15) is 5.10 Å². The van der Waals surface area contributed by atoms with Gasteiger partial charge < -0.3 is 4.98 Å². The summed E-state index contributed by atoms with van der Waals surface area (Å²) in [7, 11) is 1.98. The third-order valence-electron chi connectivity index (χ3n) is 5.64. The normalized spacial score (nSPS) is 17.3. The second-order valence-electron chi connectivity index (χ2n) is 7.62. The quantitative estimate of drug-likeness (QED) is 0.592. The van der Waals surface area contributed by atoms with Crippen LogP contribution in [-0.2, 0) is 20.0 Å². The van der Waals surface area contributed by atoms with Crippen molar-refractivity contribution in [2.24, 2.45) is 7.05 Å². The van der Waals surface area contributed by atoms with E-state index in [9.17, 15) is 0 Å². The van der Waals surface area contributed by atoms with Crippen molar-refractivity contribution in [2.75, 3.05) is 6.54 Å². The number of aryl methyl sites for hydroxylation is 2. The van der Waals surface area contributed by atoms with Crippen LogP contribution in [0, 0.1) is 6.92 Å². The maximum absolute atomic E-state index is 4.36. The van der Waals surface area contributed by atoms with Crippen LogP contribution in [0.2, 0.25) is 0 Å². The van der Waals surface area contributed by atoms with E-state index in [0.717, 1.165) is 19.5 Å². The maximum Gasteiger partial charge on any atom is 0.0760 e. The van der Waals surface area contributed by atoms with Crippen LogP contribution < -0.4 is 0 Å². The van der Waals surface area contributed by atoms with Gasteiger partial charge in [0.05, 0.1) is 12.2 Å². The van der Waals surface area contributed by atoms with Crippen LogP contribution in [0.3, 0.4) is 0 Å². The van der Waals surface area contributed by atoms with Crippen molar-refractivity contribution >= 4 is 10.9 Å². The zero-order valence-corrected chi connectivity index (χ0v) is 15.8. The molecule has 1 atom stereocenters. The molecule has 0 bridgehead atoms. The molecule has 4 nitrogen and oxygen atoms in total. The summed E-state index contributed by atoms with van der Waals surface area (Å²) < 4.78 is 1.88. The molecule has 5 rings (SSSR count). The molecule has 0 spiro atoms. The van der Waals surface area contributed by atoms with Crippen LogP contribution in [0.5, 0.6) is 0 Å². The third kappa shape index (κ3) is 2.86. The van der Waals surface area contributed by atoms with E-state index < -0.39 is 0 Å². The van der Waals surface area contributed by atoms with Crippen LogP contribution in [0.1, 0.15) is 34.0 Å². The molecule has 4 aromatic rings. The number of aromatic nitrogens is 3. The number of nitrogens with one attached hydrogen (secondary N) is 1. The van der Waals surface area contributed by atoms with Crippen molar-refractivity contribution < 1.29 is 0 Å². The first-order valence-electron chi connectivity index (χ1n) is 9.56. The van der Waals surface area contributed by atoms with Crippen molar-refractivity contribution in [1.29, 1.82) is 0 Å². The van der Waals surface area contributed by atoms with Gasteiger partial charge in [0.1, 0.15) is 0 Å². The number of nitrogens with zero attached hydrogens (tertiary/aromatic N) is 3. The van der Waals surface area contributed by atoms with E-state index in [-0.39, 0.29) is 6.04 Å². The standard InChI is InChI=1S/C23H24N4/c1-16-6-5-7-18(12-16)23-22-20(19-8-3-4-9-21(19)25-22)10-11-27(23)15-17-13-24-26(2)14-17/h3-9,12-14,23,25H,10-11,15H2,1-2H3. The summed E-state index contributed by atoms with van der Waals surface area (Å²) in [6.45, 7) is 4.12. The molecule has 4 heteroatoms. The van der Waals surface area contributed by atoms with E-state index in [0.29, 0.717) is 0 Å². The Labute approximate surface area is 159 Å². The minimum Gasteiger partial charge on any atom is -0.357 e. The van der Waals surface area contributed by atoms with E-state index in [1.165, 1.54) is 38.9 Å². The number of benzene rings is 2. The Kier molecular flexibility index (Phi) is 3.87. The monoisotopic (exact) mass is 356 g/mol. The number of para-hydroxylation sites is 1.